The summed E-state index contributed by atoms with van der Waals surface area (Å²) < 4.78 is 0.696. The second-order valence-electron chi connectivity index (χ2n) is 6.35. The first kappa shape index (κ1) is 22.3. The molecule has 0 spiro atoms. The first-order valence-electron chi connectivity index (χ1n) is 6.94. The van der Waals surface area contributed by atoms with Crippen molar-refractivity contribution in [2.75, 3.05) is 26.2 Å². The van der Waals surface area contributed by atoms with Gasteiger partial charge in [0, 0.05) is 42.8 Å². The van der Waals surface area contributed by atoms with Gasteiger partial charge in [-0.3, -0.25) is 4.90 Å². The third-order valence-electron chi connectivity index (χ3n) is 3.73. The molecular weight excluding hydrogens is 410 g/mol. The number of benzene rings is 1. The van der Waals surface area contributed by atoms with E-state index in [9.17, 15) is 5.11 Å². The summed E-state index contributed by atoms with van der Waals surface area (Å²) in [6.45, 7) is 10.4. The van der Waals surface area contributed by atoms with Gasteiger partial charge in [-0.05, 0) is 33.5 Å². The first-order chi connectivity index (χ1) is 9.32. The van der Waals surface area contributed by atoms with Gasteiger partial charge >= 0.3 is 0 Å². The van der Waals surface area contributed by atoms with Crippen LogP contribution in [-0.2, 0) is 0 Å². The Balaban J connectivity index is 0.00000220. The summed E-state index contributed by atoms with van der Waals surface area (Å²) in [6.07, 6.45) is 0. The molecule has 3 nitrogen and oxygen atoms in total. The van der Waals surface area contributed by atoms with Crippen LogP contribution in [0.4, 0.5) is 0 Å². The molecule has 0 radical (unpaired) electrons. The van der Waals surface area contributed by atoms with Crippen molar-refractivity contribution in [3.05, 3.63) is 27.2 Å². The molecule has 1 heterocycles. The minimum Gasteiger partial charge on any atom is -0.506 e. The van der Waals surface area contributed by atoms with Gasteiger partial charge in [0.25, 0.3) is 0 Å². The minimum absolute atomic E-state index is 0. The molecule has 0 aliphatic carbocycles. The Hall–Kier alpha value is 0.290. The molecular formula is C15H24BrCl3N2O. The average Bonchev–Trinajstić information content (AvgIpc) is 2.39. The van der Waals surface area contributed by atoms with E-state index < -0.39 is 0 Å². The van der Waals surface area contributed by atoms with Crippen LogP contribution in [0.15, 0.2) is 16.6 Å². The van der Waals surface area contributed by atoms with Gasteiger partial charge in [-0.15, -0.1) is 24.8 Å². The highest BCUT2D eigenvalue weighted by atomic mass is 79.9. The Morgan fingerprint density at radius 2 is 1.77 bits per heavy atom. The van der Waals surface area contributed by atoms with Crippen LogP contribution in [-0.4, -0.2) is 36.2 Å². The number of aromatic hydroxyl groups is 1. The van der Waals surface area contributed by atoms with Crippen molar-refractivity contribution in [2.45, 2.75) is 26.8 Å². The molecule has 0 amide bonds. The average molecular weight is 435 g/mol. The number of hydrogen-bond donors (Lipinski definition) is 2. The van der Waals surface area contributed by atoms with Gasteiger partial charge in [-0.2, -0.15) is 0 Å². The monoisotopic (exact) mass is 432 g/mol. The van der Waals surface area contributed by atoms with Gasteiger partial charge in [0.1, 0.15) is 5.75 Å². The molecule has 1 atom stereocenters. The number of rotatable bonds is 2. The number of phenols is 1. The van der Waals surface area contributed by atoms with Crippen molar-refractivity contribution in [2.24, 2.45) is 5.41 Å². The number of halogens is 4. The quantitative estimate of drug-likeness (QED) is 0.712. The maximum Gasteiger partial charge on any atom is 0.136 e. The molecule has 0 unspecified atom stereocenters. The van der Waals surface area contributed by atoms with Gasteiger partial charge in [0.2, 0.25) is 0 Å². The molecule has 1 aliphatic rings. The van der Waals surface area contributed by atoms with Crippen molar-refractivity contribution < 1.29 is 5.11 Å². The van der Waals surface area contributed by atoms with Crippen LogP contribution in [0.5, 0.6) is 5.75 Å². The van der Waals surface area contributed by atoms with E-state index >= 15 is 0 Å². The zero-order valence-electron chi connectivity index (χ0n) is 13.0. The smallest absolute Gasteiger partial charge is 0.136 e. The van der Waals surface area contributed by atoms with Gasteiger partial charge < -0.3 is 10.4 Å². The number of phenolic OH excluding ortho intramolecular Hbond substituents is 1. The van der Waals surface area contributed by atoms with Crippen LogP contribution in [0, 0.1) is 5.41 Å². The van der Waals surface area contributed by atoms with E-state index in [0.717, 1.165) is 31.7 Å². The number of nitrogens with zero attached hydrogens (tertiary/aromatic N) is 1. The zero-order chi connectivity index (χ0) is 14.9. The SMILES string of the molecule is CC(C)(C)[C@@H](c1c(Cl)ccc(Br)c1O)N1CCNCC1.Cl.Cl. The Kier molecular flexibility index (Phi) is 9.07. The summed E-state index contributed by atoms with van der Waals surface area (Å²) in [4.78, 5) is 2.41. The Morgan fingerprint density at radius 3 is 2.27 bits per heavy atom. The van der Waals surface area contributed by atoms with Crippen molar-refractivity contribution in [1.29, 1.82) is 0 Å². The molecule has 0 saturated carbocycles. The topological polar surface area (TPSA) is 35.5 Å². The van der Waals surface area contributed by atoms with Crippen LogP contribution in [0.2, 0.25) is 5.02 Å². The number of hydrogen-bond acceptors (Lipinski definition) is 3. The maximum atomic E-state index is 10.5. The molecule has 1 saturated heterocycles. The summed E-state index contributed by atoms with van der Waals surface area (Å²) in [6, 6.07) is 3.73. The fourth-order valence-electron chi connectivity index (χ4n) is 2.92. The third kappa shape index (κ3) is 4.89. The van der Waals surface area contributed by atoms with Crippen molar-refractivity contribution in [3.8, 4) is 5.75 Å². The summed E-state index contributed by atoms with van der Waals surface area (Å²) in [5.41, 5.74) is 0.814. The lowest BCUT2D eigenvalue weighted by Gasteiger charge is -2.43. The first-order valence-corrected chi connectivity index (χ1v) is 8.11. The van der Waals surface area contributed by atoms with Crippen LogP contribution < -0.4 is 5.32 Å². The summed E-state index contributed by atoms with van der Waals surface area (Å²) in [5.74, 6) is 0.260. The summed E-state index contributed by atoms with van der Waals surface area (Å²) >= 11 is 9.80. The number of nitrogens with one attached hydrogen (secondary N) is 1. The lowest BCUT2D eigenvalue weighted by Crippen LogP contribution is -2.48. The Labute approximate surface area is 158 Å². The van der Waals surface area contributed by atoms with E-state index in [1.807, 2.05) is 6.07 Å². The van der Waals surface area contributed by atoms with Crippen LogP contribution >= 0.6 is 52.3 Å². The standard InChI is InChI=1S/C15H22BrClN2O.2ClH/c1-15(2,3)14(19-8-6-18-7-9-19)12-11(17)5-4-10(16)13(12)20;;/h4-5,14,18,20H,6-9H2,1-3H3;2*1H/t14-;;/m1../s1. The molecule has 2 rings (SSSR count). The largest absolute Gasteiger partial charge is 0.506 e. The zero-order valence-corrected chi connectivity index (χ0v) is 17.0. The molecule has 1 fully saturated rings. The predicted molar refractivity (Wildman–Crippen MR) is 102 cm³/mol. The van der Waals surface area contributed by atoms with Crippen LogP contribution in [0.1, 0.15) is 32.4 Å². The lowest BCUT2D eigenvalue weighted by molar-refractivity contribution is 0.0842. The maximum absolute atomic E-state index is 10.5. The van der Waals surface area contributed by atoms with Crippen molar-refractivity contribution >= 4 is 52.3 Å². The summed E-state index contributed by atoms with van der Waals surface area (Å²) in [7, 11) is 0. The molecule has 2 N–H and O–H groups in total. The molecule has 128 valence electrons. The summed E-state index contributed by atoms with van der Waals surface area (Å²) in [5, 5.41) is 14.5. The fourth-order valence-corrected chi connectivity index (χ4v) is 3.52. The predicted octanol–water partition coefficient (Wildman–Crippen LogP) is 4.64. The Morgan fingerprint density at radius 1 is 1.23 bits per heavy atom. The highest BCUT2D eigenvalue weighted by molar-refractivity contribution is 9.10. The molecule has 1 aromatic rings. The van der Waals surface area contributed by atoms with Gasteiger partial charge in [0.05, 0.1) is 4.47 Å². The second kappa shape index (κ2) is 8.95. The Bertz CT molecular complexity index is 488. The normalized spacial score (nSPS) is 17.3. The molecule has 0 bridgehead atoms. The van der Waals surface area contributed by atoms with Crippen LogP contribution in [0.3, 0.4) is 0 Å². The van der Waals surface area contributed by atoms with Crippen molar-refractivity contribution in [3.63, 3.8) is 0 Å². The molecule has 7 heteroatoms. The highest BCUT2D eigenvalue weighted by Crippen LogP contribution is 2.46. The molecule has 22 heavy (non-hydrogen) atoms. The fraction of sp³-hybridized carbons (Fsp3) is 0.600. The van der Waals surface area contributed by atoms with Crippen LogP contribution in [0.25, 0.3) is 0 Å². The van der Waals surface area contributed by atoms with E-state index in [-0.39, 0.29) is 42.0 Å². The molecule has 0 aromatic heterocycles. The lowest BCUT2D eigenvalue weighted by atomic mass is 9.80. The van der Waals surface area contributed by atoms with E-state index in [1.54, 1.807) is 6.07 Å². The van der Waals surface area contributed by atoms with E-state index in [2.05, 4.69) is 46.9 Å². The van der Waals surface area contributed by atoms with E-state index in [4.69, 9.17) is 11.6 Å². The van der Waals surface area contributed by atoms with Gasteiger partial charge in [-0.25, -0.2) is 0 Å². The minimum atomic E-state index is -0.0146. The molecule has 1 aliphatic heterocycles. The van der Waals surface area contributed by atoms with Crippen molar-refractivity contribution in [1.82, 2.24) is 10.2 Å². The van der Waals surface area contributed by atoms with E-state index in [1.165, 1.54) is 0 Å². The number of piperazine rings is 1. The second-order valence-corrected chi connectivity index (χ2v) is 7.61. The molecule has 1 aromatic carbocycles. The van der Waals surface area contributed by atoms with Gasteiger partial charge in [0.15, 0.2) is 0 Å². The van der Waals surface area contributed by atoms with Gasteiger partial charge in [-0.1, -0.05) is 32.4 Å². The third-order valence-corrected chi connectivity index (χ3v) is 4.69. The highest BCUT2D eigenvalue weighted by Gasteiger charge is 2.36. The van der Waals surface area contributed by atoms with E-state index in [0.29, 0.717) is 9.50 Å².